The van der Waals surface area contributed by atoms with Crippen LogP contribution in [-0.2, 0) is 9.36 Å². The number of aliphatic carboxylic acids is 1. The topological polar surface area (TPSA) is 112 Å². The van der Waals surface area contributed by atoms with Crippen LogP contribution >= 0.6 is 7.14 Å². The van der Waals surface area contributed by atoms with Gasteiger partial charge < -0.3 is 19.9 Å². The van der Waals surface area contributed by atoms with E-state index in [9.17, 15) is 14.2 Å². The van der Waals surface area contributed by atoms with Crippen LogP contribution in [0.25, 0.3) is 0 Å². The van der Waals surface area contributed by atoms with E-state index in [1.165, 1.54) is 6.92 Å². The molecule has 14 heavy (non-hydrogen) atoms. The third-order valence-corrected chi connectivity index (χ3v) is 5.04. The third-order valence-electron chi connectivity index (χ3n) is 1.93. The molecule has 0 bridgehead atoms. The van der Waals surface area contributed by atoms with Gasteiger partial charge in [0.15, 0.2) is 0 Å². The van der Waals surface area contributed by atoms with Crippen molar-refractivity contribution in [3.63, 3.8) is 0 Å². The Balaban J connectivity index is 5.07. The highest BCUT2D eigenvalue weighted by molar-refractivity contribution is 7.81. The predicted octanol–water partition coefficient (Wildman–Crippen LogP) is 0.883. The maximum atomic E-state index is 11.7. The monoisotopic (exact) mass is 224 g/mol. The highest BCUT2D eigenvalue weighted by atomic mass is 31.2. The summed E-state index contributed by atoms with van der Waals surface area (Å²) in [6.45, 7) is 0.860. The molecule has 0 aromatic heterocycles. The Kier molecular flexibility index (Phi) is 4.80. The summed E-state index contributed by atoms with van der Waals surface area (Å²) in [4.78, 5) is 21.3. The van der Waals surface area contributed by atoms with Crippen molar-refractivity contribution < 1.29 is 29.5 Å². The van der Waals surface area contributed by atoms with Gasteiger partial charge in [-0.1, -0.05) is 6.92 Å². The van der Waals surface area contributed by atoms with Crippen molar-refractivity contribution in [1.82, 2.24) is 0 Å². The molecule has 0 heterocycles. The number of carboxylic acids is 1. The number of aliphatic hydroxyl groups excluding tert-OH is 1. The molecule has 82 valence electrons. The molecule has 0 aliphatic rings. The molecule has 0 saturated carbocycles. The summed E-state index contributed by atoms with van der Waals surface area (Å²) in [5.41, 5.74) is -3.03. The van der Waals surface area contributed by atoms with Crippen LogP contribution in [0.4, 0.5) is 4.79 Å². The van der Waals surface area contributed by atoms with Crippen molar-refractivity contribution in [2.75, 3.05) is 12.8 Å². The van der Waals surface area contributed by atoms with Crippen LogP contribution in [0.2, 0.25) is 0 Å². The van der Waals surface area contributed by atoms with Gasteiger partial charge in [-0.2, -0.15) is 0 Å². The zero-order chi connectivity index (χ0) is 11.4. The fourth-order valence-corrected chi connectivity index (χ4v) is 3.19. The summed E-state index contributed by atoms with van der Waals surface area (Å²) in [6, 6.07) is 0. The van der Waals surface area contributed by atoms with Gasteiger partial charge >= 0.3 is 11.7 Å². The molecule has 0 spiro atoms. The molecule has 0 aliphatic carbocycles. The largest absolute Gasteiger partial charge is 0.481 e. The van der Waals surface area contributed by atoms with Gasteiger partial charge in [0, 0.05) is 6.16 Å². The first-order valence-electron chi connectivity index (χ1n) is 4.06. The number of carboxylic acid groups (broad SMARTS) is 2. The van der Waals surface area contributed by atoms with Gasteiger partial charge in [-0.05, 0) is 6.42 Å². The number of hydrogen-bond donors (Lipinski definition) is 3. The summed E-state index contributed by atoms with van der Waals surface area (Å²) in [7, 11) is -3.89. The van der Waals surface area contributed by atoms with Gasteiger partial charge in [0.1, 0.15) is 5.66 Å². The Morgan fingerprint density at radius 2 is 1.86 bits per heavy atom. The van der Waals surface area contributed by atoms with Crippen LogP contribution in [0.15, 0.2) is 0 Å². The van der Waals surface area contributed by atoms with Crippen LogP contribution < -0.4 is 0 Å². The first kappa shape index (κ1) is 13.1. The van der Waals surface area contributed by atoms with E-state index in [2.05, 4.69) is 0 Å². The quantitative estimate of drug-likeness (QED) is 0.577. The Labute approximate surface area is 80.9 Å². The smallest absolute Gasteiger partial charge is 0.362 e. The second-order valence-electron chi connectivity index (χ2n) is 2.79. The van der Waals surface area contributed by atoms with Crippen molar-refractivity contribution in [3.05, 3.63) is 0 Å². The number of hydrogen-bond acceptors (Lipinski definition) is 4. The molecule has 3 N–H and O–H groups in total. The highest BCUT2D eigenvalue weighted by Gasteiger charge is 2.43. The fourth-order valence-electron chi connectivity index (χ4n) is 1.18. The molecule has 0 fully saturated rings. The maximum Gasteiger partial charge on any atom is 0.362 e. The average molecular weight is 224 g/mol. The molecule has 0 aromatic carbocycles. The van der Waals surface area contributed by atoms with E-state index >= 15 is 0 Å². The summed E-state index contributed by atoms with van der Waals surface area (Å²) in [5.74, 6) is -1.40. The number of rotatable bonds is 6. The van der Waals surface area contributed by atoms with Crippen molar-refractivity contribution in [3.8, 4) is 0 Å². The van der Waals surface area contributed by atoms with Gasteiger partial charge in [-0.3, -0.25) is 4.79 Å². The first-order chi connectivity index (χ1) is 6.40. The second-order valence-corrected chi connectivity index (χ2v) is 5.83. The molecule has 0 rings (SSSR count). The lowest BCUT2D eigenvalue weighted by atomic mass is 10.3. The highest BCUT2D eigenvalue weighted by Crippen LogP contribution is 2.52. The van der Waals surface area contributed by atoms with E-state index in [0.717, 1.165) is 0 Å². The first-order valence-corrected chi connectivity index (χ1v) is 6.02. The molecule has 0 aromatic rings. The van der Waals surface area contributed by atoms with E-state index in [1.807, 2.05) is 0 Å². The molecule has 7 heteroatoms. The lowest BCUT2D eigenvalue weighted by Crippen LogP contribution is -2.25. The minimum absolute atomic E-state index is 0.0289. The molecule has 0 saturated heterocycles. The molecule has 0 radical (unpaired) electrons. The maximum absolute atomic E-state index is 11.7. The standard InChI is InChI=1S/C7H13O6P/c1-2-5(6(9)10)14(13,4-3-8)7(11)12/h5,8H,2-4H2,1H3,(H,9,10)(H,11,12). The summed E-state index contributed by atoms with van der Waals surface area (Å²) in [6.07, 6.45) is -0.522. The van der Waals surface area contributed by atoms with E-state index in [1.54, 1.807) is 0 Å². The predicted molar refractivity (Wildman–Crippen MR) is 49.3 cm³/mol. The molecule has 2 atom stereocenters. The van der Waals surface area contributed by atoms with Crippen molar-refractivity contribution >= 4 is 18.8 Å². The van der Waals surface area contributed by atoms with Crippen LogP contribution in [-0.4, -0.2) is 45.4 Å². The molecule has 0 aliphatic heterocycles. The second kappa shape index (κ2) is 5.12. The zero-order valence-electron chi connectivity index (χ0n) is 7.71. The van der Waals surface area contributed by atoms with Crippen LogP contribution in [0.3, 0.4) is 0 Å². The van der Waals surface area contributed by atoms with Crippen LogP contribution in [0, 0.1) is 0 Å². The van der Waals surface area contributed by atoms with Gasteiger partial charge in [-0.15, -0.1) is 0 Å². The summed E-state index contributed by atoms with van der Waals surface area (Å²) in [5, 5.41) is 25.9. The van der Waals surface area contributed by atoms with Crippen molar-refractivity contribution in [2.24, 2.45) is 0 Å². The molecule has 2 unspecified atom stereocenters. The Morgan fingerprint density at radius 3 is 2.07 bits per heavy atom. The fraction of sp³-hybridized carbons (Fsp3) is 0.714. The van der Waals surface area contributed by atoms with E-state index in [-0.39, 0.29) is 6.42 Å². The lowest BCUT2D eigenvalue weighted by Gasteiger charge is -2.18. The lowest BCUT2D eigenvalue weighted by molar-refractivity contribution is -0.136. The van der Waals surface area contributed by atoms with Gasteiger partial charge in [-0.25, -0.2) is 4.79 Å². The van der Waals surface area contributed by atoms with E-state index in [0.29, 0.717) is 0 Å². The van der Waals surface area contributed by atoms with E-state index < -0.39 is 37.2 Å². The number of aliphatic hydroxyl groups is 1. The zero-order valence-corrected chi connectivity index (χ0v) is 8.61. The minimum atomic E-state index is -3.89. The summed E-state index contributed by atoms with van der Waals surface area (Å²) >= 11 is 0. The minimum Gasteiger partial charge on any atom is -0.481 e. The molecule has 0 amide bonds. The summed E-state index contributed by atoms with van der Waals surface area (Å²) < 4.78 is 11.7. The average Bonchev–Trinajstić information content (AvgIpc) is 2.04. The van der Waals surface area contributed by atoms with Gasteiger partial charge in [0.05, 0.1) is 6.61 Å². The van der Waals surface area contributed by atoms with E-state index in [4.69, 9.17) is 15.3 Å². The molecular weight excluding hydrogens is 211 g/mol. The van der Waals surface area contributed by atoms with Crippen LogP contribution in [0.5, 0.6) is 0 Å². The normalized spacial score (nSPS) is 17.0. The van der Waals surface area contributed by atoms with Gasteiger partial charge in [0.2, 0.25) is 7.14 Å². The molecular formula is C7H13O6P. The van der Waals surface area contributed by atoms with Crippen LogP contribution in [0.1, 0.15) is 13.3 Å². The third kappa shape index (κ3) is 2.56. The Bertz CT molecular complexity index is 273. The van der Waals surface area contributed by atoms with Crippen molar-refractivity contribution in [2.45, 2.75) is 19.0 Å². The Morgan fingerprint density at radius 1 is 1.36 bits per heavy atom. The number of carbonyl (C=O) groups is 2. The van der Waals surface area contributed by atoms with Crippen molar-refractivity contribution in [1.29, 1.82) is 0 Å². The van der Waals surface area contributed by atoms with Gasteiger partial charge in [0.25, 0.3) is 0 Å². The SMILES string of the molecule is CCC(C(=O)O)P(=O)(CCO)C(=O)O. The molecule has 6 nitrogen and oxygen atoms in total. The Hall–Kier alpha value is -0.870.